The third-order valence-corrected chi connectivity index (χ3v) is 6.85. The van der Waals surface area contributed by atoms with Crippen LogP contribution in [0.4, 0.5) is 4.79 Å². The third kappa shape index (κ3) is 4.38. The maximum absolute atomic E-state index is 13.3. The SMILES string of the molecule is CC1(C)CC(=O)C2=C(C1)NC(=O)N(C/C=C/c1ccc3ccccc3c1)C2c1ccc(Cl)cc1. The molecule has 2 amide bonds. The van der Waals surface area contributed by atoms with Crippen LogP contribution in [0.3, 0.4) is 0 Å². The first kappa shape index (κ1) is 22.4. The number of allylic oxidation sites excluding steroid dienone is 1. The Morgan fingerprint density at radius 1 is 1.00 bits per heavy atom. The number of nitrogens with zero attached hydrogens (tertiary/aromatic N) is 1. The highest BCUT2D eigenvalue weighted by molar-refractivity contribution is 6.30. The van der Waals surface area contributed by atoms with E-state index >= 15 is 0 Å². The van der Waals surface area contributed by atoms with Crippen LogP contribution in [-0.2, 0) is 4.79 Å². The quantitative estimate of drug-likeness (QED) is 0.450. The lowest BCUT2D eigenvalue weighted by Crippen LogP contribution is -2.51. The number of carbonyl (C=O) groups is 2. The normalized spacial score (nSPS) is 20.1. The standard InChI is InChI=1S/C29H27ClN2O2/c1-29(2)17-24-26(25(33)18-29)27(21-11-13-23(30)14-12-21)32(28(34)31-24)15-5-6-19-9-10-20-7-3-4-8-22(20)16-19/h3-14,16,27H,15,17-18H2,1-2H3,(H,31,34)/b6-5+. The summed E-state index contributed by atoms with van der Waals surface area (Å²) in [5, 5.41) is 6.01. The number of hydrogen-bond donors (Lipinski definition) is 1. The zero-order valence-corrected chi connectivity index (χ0v) is 20.1. The van der Waals surface area contributed by atoms with Gasteiger partial charge in [-0.1, -0.05) is 86.1 Å². The molecule has 0 bridgehead atoms. The van der Waals surface area contributed by atoms with Crippen molar-refractivity contribution in [1.82, 2.24) is 10.2 Å². The Balaban J connectivity index is 1.48. The van der Waals surface area contributed by atoms with Crippen LogP contribution in [0.1, 0.15) is 43.9 Å². The van der Waals surface area contributed by atoms with E-state index in [2.05, 4.69) is 49.5 Å². The van der Waals surface area contributed by atoms with Crippen molar-refractivity contribution in [2.24, 2.45) is 5.41 Å². The molecule has 2 aliphatic rings. The Hall–Kier alpha value is -3.37. The van der Waals surface area contributed by atoms with E-state index in [1.165, 1.54) is 10.8 Å². The molecule has 1 atom stereocenters. The molecule has 3 aromatic rings. The van der Waals surface area contributed by atoms with Crippen molar-refractivity contribution in [1.29, 1.82) is 0 Å². The van der Waals surface area contributed by atoms with Gasteiger partial charge in [-0.25, -0.2) is 4.79 Å². The van der Waals surface area contributed by atoms with Crippen LogP contribution >= 0.6 is 11.6 Å². The topological polar surface area (TPSA) is 49.4 Å². The highest BCUT2D eigenvalue weighted by Crippen LogP contribution is 2.44. The molecule has 0 radical (unpaired) electrons. The first-order valence-electron chi connectivity index (χ1n) is 11.6. The molecular weight excluding hydrogens is 444 g/mol. The summed E-state index contributed by atoms with van der Waals surface area (Å²) in [7, 11) is 0. The number of rotatable bonds is 4. The minimum Gasteiger partial charge on any atom is -0.311 e. The zero-order valence-electron chi connectivity index (χ0n) is 19.3. The predicted octanol–water partition coefficient (Wildman–Crippen LogP) is 6.92. The Kier molecular flexibility index (Phi) is 5.78. The number of benzene rings is 3. The third-order valence-electron chi connectivity index (χ3n) is 6.60. The first-order chi connectivity index (χ1) is 16.3. The average molecular weight is 471 g/mol. The molecule has 0 aromatic heterocycles. The van der Waals surface area contributed by atoms with Gasteiger partial charge in [-0.05, 0) is 51.9 Å². The fraction of sp³-hybridized carbons (Fsp3) is 0.241. The second-order valence-corrected chi connectivity index (χ2v) is 10.3. The van der Waals surface area contributed by atoms with Gasteiger partial charge in [-0.15, -0.1) is 0 Å². The van der Waals surface area contributed by atoms with E-state index < -0.39 is 6.04 Å². The van der Waals surface area contributed by atoms with Crippen LogP contribution < -0.4 is 5.32 Å². The summed E-state index contributed by atoms with van der Waals surface area (Å²) in [5.41, 5.74) is 3.22. The smallest absolute Gasteiger partial charge is 0.311 e. The van der Waals surface area contributed by atoms with Crippen LogP contribution in [0.25, 0.3) is 16.8 Å². The summed E-state index contributed by atoms with van der Waals surface area (Å²) in [6.07, 6.45) is 5.14. The van der Waals surface area contributed by atoms with Gasteiger partial charge in [0.2, 0.25) is 0 Å². The number of halogens is 1. The molecule has 1 aliphatic heterocycles. The minimum absolute atomic E-state index is 0.0923. The van der Waals surface area contributed by atoms with E-state index in [1.807, 2.05) is 48.6 Å². The number of amides is 2. The van der Waals surface area contributed by atoms with Crippen LogP contribution in [0.15, 0.2) is 84.1 Å². The van der Waals surface area contributed by atoms with Crippen molar-refractivity contribution in [2.45, 2.75) is 32.7 Å². The molecule has 5 heteroatoms. The molecule has 4 nitrogen and oxygen atoms in total. The van der Waals surface area contributed by atoms with Crippen molar-refractivity contribution >= 4 is 40.3 Å². The first-order valence-corrected chi connectivity index (χ1v) is 11.9. The maximum atomic E-state index is 13.3. The molecule has 1 unspecified atom stereocenters. The van der Waals surface area contributed by atoms with E-state index in [4.69, 9.17) is 11.6 Å². The van der Waals surface area contributed by atoms with Crippen molar-refractivity contribution in [2.75, 3.05) is 6.54 Å². The van der Waals surface area contributed by atoms with Crippen molar-refractivity contribution in [3.8, 4) is 0 Å². The second-order valence-electron chi connectivity index (χ2n) is 9.88. The van der Waals surface area contributed by atoms with Gasteiger partial charge < -0.3 is 10.2 Å². The molecule has 0 spiro atoms. The van der Waals surface area contributed by atoms with Gasteiger partial charge in [0.25, 0.3) is 0 Å². The lowest BCUT2D eigenvalue weighted by atomic mass is 9.72. The van der Waals surface area contributed by atoms with Crippen LogP contribution in [0.5, 0.6) is 0 Å². The summed E-state index contributed by atoms with van der Waals surface area (Å²) in [6.45, 7) is 4.51. The van der Waals surface area contributed by atoms with E-state index in [0.717, 1.165) is 16.8 Å². The Morgan fingerprint density at radius 2 is 1.74 bits per heavy atom. The van der Waals surface area contributed by atoms with E-state index in [0.29, 0.717) is 30.0 Å². The Morgan fingerprint density at radius 3 is 2.50 bits per heavy atom. The number of fused-ring (bicyclic) bond motifs is 1. The second kappa shape index (κ2) is 8.77. The summed E-state index contributed by atoms with van der Waals surface area (Å²) >= 11 is 6.13. The Labute approximate surface area is 204 Å². The molecule has 1 heterocycles. The van der Waals surface area contributed by atoms with Gasteiger partial charge in [0.1, 0.15) is 0 Å². The summed E-state index contributed by atoms with van der Waals surface area (Å²) in [5.74, 6) is 0.0923. The molecule has 34 heavy (non-hydrogen) atoms. The summed E-state index contributed by atoms with van der Waals surface area (Å²) in [4.78, 5) is 28.3. The molecule has 3 aromatic carbocycles. The van der Waals surface area contributed by atoms with Crippen LogP contribution in [0.2, 0.25) is 5.02 Å². The van der Waals surface area contributed by atoms with Crippen LogP contribution in [0, 0.1) is 5.41 Å². The number of hydrogen-bond acceptors (Lipinski definition) is 2. The molecule has 0 fully saturated rings. The maximum Gasteiger partial charge on any atom is 0.322 e. The fourth-order valence-electron chi connectivity index (χ4n) is 5.03. The minimum atomic E-state index is -0.439. The molecule has 0 saturated heterocycles. The lowest BCUT2D eigenvalue weighted by Gasteiger charge is -2.43. The van der Waals surface area contributed by atoms with Gasteiger partial charge in [0.15, 0.2) is 5.78 Å². The van der Waals surface area contributed by atoms with Crippen molar-refractivity contribution in [3.63, 3.8) is 0 Å². The van der Waals surface area contributed by atoms with Crippen molar-refractivity contribution < 1.29 is 9.59 Å². The molecule has 1 N–H and O–H groups in total. The number of nitrogens with one attached hydrogen (secondary N) is 1. The van der Waals surface area contributed by atoms with Gasteiger partial charge >= 0.3 is 6.03 Å². The van der Waals surface area contributed by atoms with Gasteiger partial charge in [0.05, 0.1) is 6.04 Å². The lowest BCUT2D eigenvalue weighted by molar-refractivity contribution is -0.119. The van der Waals surface area contributed by atoms with Gasteiger partial charge in [-0.2, -0.15) is 0 Å². The van der Waals surface area contributed by atoms with Crippen molar-refractivity contribution in [3.05, 3.63) is 100 Å². The monoisotopic (exact) mass is 470 g/mol. The number of urea groups is 1. The molecule has 5 rings (SSSR count). The largest absolute Gasteiger partial charge is 0.322 e. The Bertz CT molecular complexity index is 1340. The molecule has 0 saturated carbocycles. The molecule has 172 valence electrons. The summed E-state index contributed by atoms with van der Waals surface area (Å²) in [6, 6.07) is 21.3. The zero-order chi connectivity index (χ0) is 23.9. The molecule has 1 aliphatic carbocycles. The highest BCUT2D eigenvalue weighted by atomic mass is 35.5. The molecular formula is C29H27ClN2O2. The average Bonchev–Trinajstić information content (AvgIpc) is 2.79. The van der Waals surface area contributed by atoms with Crippen LogP contribution in [-0.4, -0.2) is 23.3 Å². The fourth-order valence-corrected chi connectivity index (χ4v) is 5.16. The summed E-state index contributed by atoms with van der Waals surface area (Å²) < 4.78 is 0. The predicted molar refractivity (Wildman–Crippen MR) is 137 cm³/mol. The van der Waals surface area contributed by atoms with Gasteiger partial charge in [0, 0.05) is 29.3 Å². The van der Waals surface area contributed by atoms with E-state index in [9.17, 15) is 9.59 Å². The number of ketones is 1. The highest BCUT2D eigenvalue weighted by Gasteiger charge is 2.43. The number of Topliss-reactive ketones (excluding diaryl/α,β-unsaturated/α-hetero) is 1. The number of carbonyl (C=O) groups excluding carboxylic acids is 2. The van der Waals surface area contributed by atoms with E-state index in [1.54, 1.807) is 4.90 Å². The van der Waals surface area contributed by atoms with Gasteiger partial charge in [-0.3, -0.25) is 4.79 Å². The van der Waals surface area contributed by atoms with E-state index in [-0.39, 0.29) is 17.2 Å².